The van der Waals surface area contributed by atoms with Gasteiger partial charge in [-0.1, -0.05) is 0 Å². The summed E-state index contributed by atoms with van der Waals surface area (Å²) in [7, 11) is 0. The second-order valence-corrected chi connectivity index (χ2v) is 3.02. The molecule has 0 atom stereocenters. The van der Waals surface area contributed by atoms with Gasteiger partial charge < -0.3 is 15.2 Å². The molecule has 2 N–H and O–H groups in total. The van der Waals surface area contributed by atoms with Crippen molar-refractivity contribution >= 4 is 5.69 Å². The molecule has 0 saturated heterocycles. The molecule has 0 bridgehead atoms. The second-order valence-electron chi connectivity index (χ2n) is 3.02. The molecular formula is C10H12F3NO2. The number of anilines is 1. The van der Waals surface area contributed by atoms with Gasteiger partial charge in [-0.25, -0.2) is 13.2 Å². The second kappa shape index (κ2) is 6.34. The number of rotatable bonds is 6. The molecule has 3 nitrogen and oxygen atoms in total. The van der Waals surface area contributed by atoms with E-state index in [1.165, 1.54) is 0 Å². The van der Waals surface area contributed by atoms with E-state index in [0.717, 1.165) is 12.1 Å². The molecule has 0 heterocycles. The average molecular weight is 235 g/mol. The van der Waals surface area contributed by atoms with E-state index >= 15 is 0 Å². The van der Waals surface area contributed by atoms with E-state index in [2.05, 4.69) is 5.32 Å². The minimum Gasteiger partial charge on any atom is -0.394 e. The number of hydrogen-bond acceptors (Lipinski definition) is 3. The Morgan fingerprint density at radius 2 is 1.75 bits per heavy atom. The summed E-state index contributed by atoms with van der Waals surface area (Å²) in [4.78, 5) is 0. The average Bonchev–Trinajstić information content (AvgIpc) is 2.25. The van der Waals surface area contributed by atoms with Crippen LogP contribution >= 0.6 is 0 Å². The van der Waals surface area contributed by atoms with Gasteiger partial charge in [-0.15, -0.1) is 0 Å². The monoisotopic (exact) mass is 235 g/mol. The predicted molar refractivity (Wildman–Crippen MR) is 52.7 cm³/mol. The Hall–Kier alpha value is -1.27. The zero-order valence-electron chi connectivity index (χ0n) is 8.47. The van der Waals surface area contributed by atoms with Gasteiger partial charge in [0.1, 0.15) is 0 Å². The Bertz CT molecular complexity index is 324. The Morgan fingerprint density at radius 3 is 2.31 bits per heavy atom. The van der Waals surface area contributed by atoms with Crippen LogP contribution in [0.15, 0.2) is 12.1 Å². The first-order chi connectivity index (χ1) is 7.65. The zero-order chi connectivity index (χ0) is 12.0. The maximum atomic E-state index is 12.8. The van der Waals surface area contributed by atoms with Crippen molar-refractivity contribution in [2.24, 2.45) is 0 Å². The van der Waals surface area contributed by atoms with Crippen molar-refractivity contribution in [1.29, 1.82) is 0 Å². The van der Waals surface area contributed by atoms with Gasteiger partial charge in [0, 0.05) is 24.4 Å². The van der Waals surface area contributed by atoms with E-state index in [-0.39, 0.29) is 25.5 Å². The molecule has 1 aromatic rings. The Balaban J connectivity index is 2.43. The van der Waals surface area contributed by atoms with E-state index in [9.17, 15) is 13.2 Å². The molecule has 6 heteroatoms. The van der Waals surface area contributed by atoms with E-state index < -0.39 is 17.5 Å². The van der Waals surface area contributed by atoms with Gasteiger partial charge in [0.15, 0.2) is 17.5 Å². The first-order valence-electron chi connectivity index (χ1n) is 4.72. The molecule has 0 radical (unpaired) electrons. The number of aliphatic hydroxyl groups excluding tert-OH is 1. The molecular weight excluding hydrogens is 223 g/mol. The van der Waals surface area contributed by atoms with Crippen LogP contribution in [0.3, 0.4) is 0 Å². The van der Waals surface area contributed by atoms with E-state index in [1.54, 1.807) is 0 Å². The van der Waals surface area contributed by atoms with Gasteiger partial charge in [0.25, 0.3) is 0 Å². The van der Waals surface area contributed by atoms with Gasteiger partial charge in [-0.3, -0.25) is 0 Å². The van der Waals surface area contributed by atoms with Crippen LogP contribution < -0.4 is 5.32 Å². The van der Waals surface area contributed by atoms with Crippen molar-refractivity contribution in [2.45, 2.75) is 0 Å². The number of halogens is 3. The molecule has 0 aliphatic rings. The molecule has 1 rings (SSSR count). The first-order valence-corrected chi connectivity index (χ1v) is 4.72. The highest BCUT2D eigenvalue weighted by Crippen LogP contribution is 2.16. The normalized spacial score (nSPS) is 10.5. The lowest BCUT2D eigenvalue weighted by molar-refractivity contribution is 0.0992. The van der Waals surface area contributed by atoms with Crippen LogP contribution in [0.2, 0.25) is 0 Å². The van der Waals surface area contributed by atoms with Crippen LogP contribution in [0.5, 0.6) is 0 Å². The van der Waals surface area contributed by atoms with Crippen LogP contribution in [-0.2, 0) is 4.74 Å². The number of ether oxygens (including phenoxy) is 1. The van der Waals surface area contributed by atoms with Crippen molar-refractivity contribution < 1.29 is 23.0 Å². The van der Waals surface area contributed by atoms with Crippen molar-refractivity contribution in [3.63, 3.8) is 0 Å². The standard InChI is InChI=1S/C10H12F3NO2/c11-8-5-7(6-9(12)10(8)13)14-1-3-16-4-2-15/h5-6,14-15H,1-4H2. The third kappa shape index (κ3) is 3.71. The molecule has 1 aromatic carbocycles. The summed E-state index contributed by atoms with van der Waals surface area (Å²) < 4.78 is 43.0. The molecule has 90 valence electrons. The zero-order valence-corrected chi connectivity index (χ0v) is 8.47. The van der Waals surface area contributed by atoms with Crippen molar-refractivity contribution in [3.05, 3.63) is 29.6 Å². The number of nitrogens with one attached hydrogen (secondary N) is 1. The van der Waals surface area contributed by atoms with Crippen LogP contribution in [-0.4, -0.2) is 31.5 Å². The lowest BCUT2D eigenvalue weighted by atomic mass is 10.3. The number of benzene rings is 1. The van der Waals surface area contributed by atoms with E-state index in [0.29, 0.717) is 6.54 Å². The van der Waals surface area contributed by atoms with E-state index in [4.69, 9.17) is 9.84 Å². The van der Waals surface area contributed by atoms with Crippen LogP contribution in [0.25, 0.3) is 0 Å². The SMILES string of the molecule is OCCOCCNc1cc(F)c(F)c(F)c1. The molecule has 0 unspecified atom stereocenters. The van der Waals surface area contributed by atoms with Gasteiger partial charge in [0.2, 0.25) is 0 Å². The lowest BCUT2D eigenvalue weighted by Crippen LogP contribution is -2.11. The summed E-state index contributed by atoms with van der Waals surface area (Å²) in [5.74, 6) is -3.96. The van der Waals surface area contributed by atoms with Crippen LogP contribution in [0.1, 0.15) is 0 Å². The van der Waals surface area contributed by atoms with Crippen molar-refractivity contribution in [3.8, 4) is 0 Å². The summed E-state index contributed by atoms with van der Waals surface area (Å²) in [6.45, 7) is 0.708. The largest absolute Gasteiger partial charge is 0.394 e. The molecule has 0 aliphatic carbocycles. The third-order valence-electron chi connectivity index (χ3n) is 1.79. The summed E-state index contributed by atoms with van der Waals surface area (Å²) >= 11 is 0. The van der Waals surface area contributed by atoms with Gasteiger partial charge in [-0.2, -0.15) is 0 Å². The molecule has 0 fully saturated rings. The Labute approximate surface area is 90.8 Å². The number of aliphatic hydroxyl groups is 1. The predicted octanol–water partition coefficient (Wildman–Crippen LogP) is 1.52. The Kier molecular flexibility index (Phi) is 5.07. The highest BCUT2D eigenvalue weighted by atomic mass is 19.2. The lowest BCUT2D eigenvalue weighted by Gasteiger charge is -2.07. The number of hydrogen-bond donors (Lipinski definition) is 2. The molecule has 0 aromatic heterocycles. The molecule has 0 amide bonds. The summed E-state index contributed by atoms with van der Waals surface area (Å²) in [6.07, 6.45) is 0. The highest BCUT2D eigenvalue weighted by Gasteiger charge is 2.09. The minimum atomic E-state index is -1.48. The van der Waals surface area contributed by atoms with Crippen LogP contribution in [0, 0.1) is 17.5 Å². The molecule has 0 spiro atoms. The smallest absolute Gasteiger partial charge is 0.194 e. The molecule has 0 aliphatic heterocycles. The molecule has 16 heavy (non-hydrogen) atoms. The highest BCUT2D eigenvalue weighted by molar-refractivity contribution is 5.43. The third-order valence-corrected chi connectivity index (χ3v) is 1.79. The van der Waals surface area contributed by atoms with Gasteiger partial charge in [0.05, 0.1) is 19.8 Å². The minimum absolute atomic E-state index is 0.0835. The summed E-state index contributed by atoms with van der Waals surface area (Å²) in [5.41, 5.74) is 0.143. The maximum Gasteiger partial charge on any atom is 0.194 e. The van der Waals surface area contributed by atoms with Crippen LogP contribution in [0.4, 0.5) is 18.9 Å². The van der Waals surface area contributed by atoms with E-state index in [1.807, 2.05) is 0 Å². The summed E-state index contributed by atoms with van der Waals surface area (Å²) in [6, 6.07) is 1.73. The Morgan fingerprint density at radius 1 is 1.12 bits per heavy atom. The fourth-order valence-corrected chi connectivity index (χ4v) is 1.09. The molecule has 0 saturated carbocycles. The maximum absolute atomic E-state index is 12.8. The first kappa shape index (κ1) is 12.8. The van der Waals surface area contributed by atoms with Crippen molar-refractivity contribution in [2.75, 3.05) is 31.7 Å². The fraction of sp³-hybridized carbons (Fsp3) is 0.400. The fourth-order valence-electron chi connectivity index (χ4n) is 1.09. The van der Waals surface area contributed by atoms with Gasteiger partial charge >= 0.3 is 0 Å². The summed E-state index contributed by atoms with van der Waals surface area (Å²) in [5, 5.41) is 11.1. The topological polar surface area (TPSA) is 41.5 Å². The van der Waals surface area contributed by atoms with Gasteiger partial charge in [-0.05, 0) is 0 Å². The van der Waals surface area contributed by atoms with Crippen molar-refractivity contribution in [1.82, 2.24) is 0 Å². The quantitative estimate of drug-likeness (QED) is 0.580.